The molecule has 0 aliphatic carbocycles. The standard InChI is InChI=1S/C24H32N4O3/c1-4-8-18(3)24(30)28-15-13-27(14-16-28)22-12-11-19(17-25-22)26-23(29)20-9-6-7-10-21(20)31-5-2/h6-7,9-12,17-18H,4-5,8,13-16H2,1-3H3,(H,26,29). The number of hydrogen-bond donors (Lipinski definition) is 1. The van der Waals surface area contributed by atoms with E-state index < -0.39 is 0 Å². The number of para-hydroxylation sites is 1. The third-order valence-corrected chi connectivity index (χ3v) is 5.50. The SMILES string of the molecule is CCCC(C)C(=O)N1CCN(c2ccc(NC(=O)c3ccccc3OCC)cn2)CC1. The second kappa shape index (κ2) is 10.8. The van der Waals surface area contributed by atoms with Crippen LogP contribution in [-0.2, 0) is 4.79 Å². The van der Waals surface area contributed by atoms with Crippen molar-refractivity contribution in [1.82, 2.24) is 9.88 Å². The van der Waals surface area contributed by atoms with Gasteiger partial charge in [-0.3, -0.25) is 9.59 Å². The van der Waals surface area contributed by atoms with Gasteiger partial charge < -0.3 is 19.9 Å². The zero-order valence-electron chi connectivity index (χ0n) is 18.6. The van der Waals surface area contributed by atoms with E-state index in [-0.39, 0.29) is 17.7 Å². The molecule has 1 unspecified atom stereocenters. The number of benzene rings is 1. The number of nitrogens with one attached hydrogen (secondary N) is 1. The van der Waals surface area contributed by atoms with Crippen LogP contribution in [0.5, 0.6) is 5.75 Å². The summed E-state index contributed by atoms with van der Waals surface area (Å²) in [6.07, 6.45) is 3.62. The number of pyridine rings is 1. The van der Waals surface area contributed by atoms with Crippen LogP contribution in [0.2, 0.25) is 0 Å². The van der Waals surface area contributed by atoms with Crippen LogP contribution in [0.3, 0.4) is 0 Å². The van der Waals surface area contributed by atoms with Gasteiger partial charge in [-0.1, -0.05) is 32.4 Å². The maximum atomic E-state index is 12.6. The highest BCUT2D eigenvalue weighted by molar-refractivity contribution is 6.06. The molecule has 166 valence electrons. The van der Waals surface area contributed by atoms with Gasteiger partial charge in [0.15, 0.2) is 0 Å². The lowest BCUT2D eigenvalue weighted by Gasteiger charge is -2.36. The molecule has 2 aromatic rings. The molecule has 2 amide bonds. The summed E-state index contributed by atoms with van der Waals surface area (Å²) in [4.78, 5) is 33.8. The molecule has 0 bridgehead atoms. The number of amides is 2. The first kappa shape index (κ1) is 22.6. The summed E-state index contributed by atoms with van der Waals surface area (Å²) in [5, 5.41) is 2.88. The van der Waals surface area contributed by atoms with Crippen molar-refractivity contribution in [2.24, 2.45) is 5.92 Å². The maximum absolute atomic E-state index is 12.6. The van der Waals surface area contributed by atoms with Crippen molar-refractivity contribution in [3.8, 4) is 5.75 Å². The molecular formula is C24H32N4O3. The average Bonchev–Trinajstić information content (AvgIpc) is 2.80. The van der Waals surface area contributed by atoms with Gasteiger partial charge >= 0.3 is 0 Å². The summed E-state index contributed by atoms with van der Waals surface area (Å²) in [5.41, 5.74) is 1.12. The Morgan fingerprint density at radius 2 is 1.84 bits per heavy atom. The fraction of sp³-hybridized carbons (Fsp3) is 0.458. The van der Waals surface area contributed by atoms with Crippen molar-refractivity contribution in [3.05, 3.63) is 48.2 Å². The third kappa shape index (κ3) is 5.75. The zero-order valence-corrected chi connectivity index (χ0v) is 18.6. The average molecular weight is 425 g/mol. The van der Waals surface area contributed by atoms with Gasteiger partial charge in [0.1, 0.15) is 11.6 Å². The predicted octanol–water partition coefficient (Wildman–Crippen LogP) is 3.82. The minimum atomic E-state index is -0.230. The molecule has 1 saturated heterocycles. The number of piperazine rings is 1. The number of anilines is 2. The fourth-order valence-electron chi connectivity index (χ4n) is 3.81. The summed E-state index contributed by atoms with van der Waals surface area (Å²) in [6.45, 7) is 9.44. The molecule has 1 aromatic heterocycles. The second-order valence-electron chi connectivity index (χ2n) is 7.79. The number of hydrogen-bond acceptors (Lipinski definition) is 5. The summed E-state index contributed by atoms with van der Waals surface area (Å²) in [6, 6.07) is 10.9. The Kier molecular flexibility index (Phi) is 7.87. The van der Waals surface area contributed by atoms with Crippen LogP contribution >= 0.6 is 0 Å². The lowest BCUT2D eigenvalue weighted by Crippen LogP contribution is -2.50. The fourth-order valence-corrected chi connectivity index (χ4v) is 3.81. The number of ether oxygens (including phenoxy) is 1. The molecule has 0 radical (unpaired) electrons. The smallest absolute Gasteiger partial charge is 0.259 e. The van der Waals surface area contributed by atoms with Crippen LogP contribution < -0.4 is 15.0 Å². The lowest BCUT2D eigenvalue weighted by molar-refractivity contribution is -0.135. The Labute approximate surface area is 184 Å². The van der Waals surface area contributed by atoms with E-state index in [1.807, 2.05) is 43.0 Å². The minimum absolute atomic E-state index is 0.0884. The Morgan fingerprint density at radius 1 is 1.10 bits per heavy atom. The Morgan fingerprint density at radius 3 is 2.48 bits per heavy atom. The molecule has 1 aliphatic heterocycles. The van der Waals surface area contributed by atoms with Crippen LogP contribution in [-0.4, -0.2) is 54.5 Å². The van der Waals surface area contributed by atoms with E-state index >= 15 is 0 Å². The van der Waals surface area contributed by atoms with Crippen molar-refractivity contribution in [1.29, 1.82) is 0 Å². The summed E-state index contributed by atoms with van der Waals surface area (Å²) in [5.74, 6) is 1.52. The Hall–Kier alpha value is -3.09. The van der Waals surface area contributed by atoms with Gasteiger partial charge in [0, 0.05) is 32.1 Å². The van der Waals surface area contributed by atoms with Crippen LogP contribution in [0, 0.1) is 5.92 Å². The lowest BCUT2D eigenvalue weighted by atomic mass is 10.0. The van der Waals surface area contributed by atoms with Gasteiger partial charge in [-0.15, -0.1) is 0 Å². The maximum Gasteiger partial charge on any atom is 0.259 e. The second-order valence-corrected chi connectivity index (χ2v) is 7.79. The van der Waals surface area contributed by atoms with Crippen molar-refractivity contribution < 1.29 is 14.3 Å². The van der Waals surface area contributed by atoms with Crippen molar-refractivity contribution >= 4 is 23.3 Å². The number of carbonyl (C=O) groups excluding carboxylic acids is 2. The molecule has 1 aliphatic rings. The van der Waals surface area contributed by atoms with Crippen LogP contribution in [0.25, 0.3) is 0 Å². The highest BCUT2D eigenvalue weighted by Crippen LogP contribution is 2.21. The topological polar surface area (TPSA) is 74.8 Å². The van der Waals surface area contributed by atoms with Gasteiger partial charge in [-0.25, -0.2) is 4.98 Å². The minimum Gasteiger partial charge on any atom is -0.493 e. The summed E-state index contributed by atoms with van der Waals surface area (Å²) >= 11 is 0. The van der Waals surface area contributed by atoms with E-state index in [4.69, 9.17) is 4.74 Å². The zero-order chi connectivity index (χ0) is 22.2. The molecular weight excluding hydrogens is 392 g/mol. The predicted molar refractivity (Wildman–Crippen MR) is 123 cm³/mol. The van der Waals surface area contributed by atoms with Gasteiger partial charge in [-0.2, -0.15) is 0 Å². The van der Waals surface area contributed by atoms with E-state index in [0.29, 0.717) is 36.7 Å². The van der Waals surface area contributed by atoms with Gasteiger partial charge in [0.2, 0.25) is 5.91 Å². The van der Waals surface area contributed by atoms with Crippen molar-refractivity contribution in [2.75, 3.05) is 43.0 Å². The number of aromatic nitrogens is 1. The normalized spacial score (nSPS) is 14.8. The van der Waals surface area contributed by atoms with Crippen LogP contribution in [0.15, 0.2) is 42.6 Å². The number of nitrogens with zero attached hydrogens (tertiary/aromatic N) is 3. The molecule has 1 fully saturated rings. The van der Waals surface area contributed by atoms with E-state index in [2.05, 4.69) is 22.1 Å². The molecule has 7 heteroatoms. The van der Waals surface area contributed by atoms with E-state index in [0.717, 1.165) is 31.7 Å². The molecule has 1 aromatic carbocycles. The van der Waals surface area contributed by atoms with E-state index in [1.165, 1.54) is 0 Å². The van der Waals surface area contributed by atoms with E-state index in [1.54, 1.807) is 18.3 Å². The molecule has 1 N–H and O–H groups in total. The largest absolute Gasteiger partial charge is 0.493 e. The van der Waals surface area contributed by atoms with Crippen molar-refractivity contribution in [2.45, 2.75) is 33.6 Å². The number of carbonyl (C=O) groups is 2. The highest BCUT2D eigenvalue weighted by atomic mass is 16.5. The molecule has 0 saturated carbocycles. The highest BCUT2D eigenvalue weighted by Gasteiger charge is 2.25. The van der Waals surface area contributed by atoms with Gasteiger partial charge in [-0.05, 0) is 37.6 Å². The van der Waals surface area contributed by atoms with Crippen LogP contribution in [0.1, 0.15) is 44.0 Å². The van der Waals surface area contributed by atoms with Crippen LogP contribution in [0.4, 0.5) is 11.5 Å². The molecule has 2 heterocycles. The van der Waals surface area contributed by atoms with Gasteiger partial charge in [0.05, 0.1) is 24.1 Å². The Bertz CT molecular complexity index is 877. The first-order valence-electron chi connectivity index (χ1n) is 11.1. The molecule has 31 heavy (non-hydrogen) atoms. The van der Waals surface area contributed by atoms with Crippen molar-refractivity contribution in [3.63, 3.8) is 0 Å². The molecule has 7 nitrogen and oxygen atoms in total. The molecule has 1 atom stereocenters. The molecule has 3 rings (SSSR count). The summed E-state index contributed by atoms with van der Waals surface area (Å²) in [7, 11) is 0. The third-order valence-electron chi connectivity index (χ3n) is 5.50. The quantitative estimate of drug-likeness (QED) is 0.697. The van der Waals surface area contributed by atoms with Gasteiger partial charge in [0.25, 0.3) is 5.91 Å². The molecule has 0 spiro atoms. The monoisotopic (exact) mass is 424 g/mol. The first-order chi connectivity index (χ1) is 15.0. The van der Waals surface area contributed by atoms with E-state index in [9.17, 15) is 9.59 Å². The number of rotatable bonds is 8. The summed E-state index contributed by atoms with van der Waals surface area (Å²) < 4.78 is 5.54. The first-order valence-corrected chi connectivity index (χ1v) is 11.1. The Balaban J connectivity index is 1.56.